The number of nitrogens with one attached hydrogen (secondary N) is 2. The van der Waals surface area contributed by atoms with Gasteiger partial charge in [-0.25, -0.2) is 15.4 Å². The van der Waals surface area contributed by atoms with Gasteiger partial charge in [-0.1, -0.05) is 6.07 Å². The van der Waals surface area contributed by atoms with E-state index < -0.39 is 4.92 Å². The largest absolute Gasteiger partial charge is 0.497 e. The molecule has 0 saturated heterocycles. The number of furan rings is 1. The second-order valence-corrected chi connectivity index (χ2v) is 9.74. The van der Waals surface area contributed by atoms with Crippen molar-refractivity contribution < 1.29 is 18.9 Å². The number of non-ortho nitro benzene ring substituents is 1. The number of amides is 1. The monoisotopic (exact) mass is 568 g/mol. The van der Waals surface area contributed by atoms with Gasteiger partial charge in [0.05, 0.1) is 23.9 Å². The van der Waals surface area contributed by atoms with E-state index in [1.807, 2.05) is 42.5 Å². The quantitative estimate of drug-likeness (QED) is 0.109. The summed E-state index contributed by atoms with van der Waals surface area (Å²) in [6.45, 7) is 0. The Morgan fingerprint density at radius 1 is 1.07 bits per heavy atom. The number of ether oxygens (including phenoxy) is 1. The van der Waals surface area contributed by atoms with Crippen molar-refractivity contribution in [2.45, 2.75) is 12.8 Å². The van der Waals surface area contributed by atoms with E-state index in [1.54, 1.807) is 37.6 Å². The van der Waals surface area contributed by atoms with Crippen LogP contribution in [0.4, 0.5) is 16.6 Å². The predicted molar refractivity (Wildman–Crippen MR) is 156 cm³/mol. The average Bonchev–Trinajstić information content (AvgIpc) is 3.64. The van der Waals surface area contributed by atoms with Crippen LogP contribution in [0.3, 0.4) is 0 Å². The molecule has 12 heteroatoms. The maximum absolute atomic E-state index is 12.6. The molecule has 0 spiro atoms. The van der Waals surface area contributed by atoms with Crippen molar-refractivity contribution in [2.24, 2.45) is 5.10 Å². The smallest absolute Gasteiger partial charge is 0.269 e. The number of methoxy groups -OCH3 is 1. The number of hydrazone groups is 1. The highest BCUT2D eigenvalue weighted by Crippen LogP contribution is 2.34. The van der Waals surface area contributed by atoms with Gasteiger partial charge in [0, 0.05) is 40.8 Å². The summed E-state index contributed by atoms with van der Waals surface area (Å²) in [6, 6.07) is 22.6. The van der Waals surface area contributed by atoms with Crippen molar-refractivity contribution in [3.8, 4) is 28.3 Å². The minimum atomic E-state index is -0.459. The zero-order valence-corrected chi connectivity index (χ0v) is 22.6. The maximum atomic E-state index is 12.6. The topological polar surface area (TPSA) is 145 Å². The van der Waals surface area contributed by atoms with Crippen molar-refractivity contribution in [1.29, 1.82) is 0 Å². The van der Waals surface area contributed by atoms with Gasteiger partial charge in [-0.15, -0.1) is 11.3 Å². The van der Waals surface area contributed by atoms with Gasteiger partial charge >= 0.3 is 0 Å². The molecule has 0 aliphatic carbocycles. The van der Waals surface area contributed by atoms with E-state index in [1.165, 1.54) is 29.7 Å². The lowest BCUT2D eigenvalue weighted by Gasteiger charge is -2.04. The van der Waals surface area contributed by atoms with Gasteiger partial charge in [0.15, 0.2) is 5.13 Å². The van der Waals surface area contributed by atoms with Crippen LogP contribution in [-0.2, 0) is 11.2 Å². The maximum Gasteiger partial charge on any atom is 0.269 e. The molecule has 0 unspecified atom stereocenters. The van der Waals surface area contributed by atoms with Gasteiger partial charge in [-0.05, 0) is 67.1 Å². The number of hydrogen-bond donors (Lipinski definition) is 2. The number of hydrogen-bond acceptors (Lipinski definition) is 10. The first-order valence-electron chi connectivity index (χ1n) is 12.5. The van der Waals surface area contributed by atoms with Crippen molar-refractivity contribution in [1.82, 2.24) is 15.4 Å². The fraction of sp³-hybridized carbons (Fsp3) is 0.103. The molecule has 5 aromatic rings. The Balaban J connectivity index is 1.22. The Bertz CT molecular complexity index is 1660. The number of thiazole rings is 1. The third-order valence-corrected chi connectivity index (χ3v) is 6.94. The molecule has 0 atom stereocenters. The van der Waals surface area contributed by atoms with Crippen LogP contribution in [0.1, 0.15) is 17.1 Å². The molecule has 2 N–H and O–H groups in total. The highest BCUT2D eigenvalue weighted by molar-refractivity contribution is 7.16. The minimum absolute atomic E-state index is 0.0000520. The molecule has 0 fully saturated rings. The number of carbonyl (C=O) groups is 1. The molecular weight excluding hydrogens is 544 g/mol. The fourth-order valence-corrected chi connectivity index (χ4v) is 4.86. The van der Waals surface area contributed by atoms with E-state index in [2.05, 4.69) is 20.8 Å². The van der Waals surface area contributed by atoms with Crippen LogP contribution in [-0.4, -0.2) is 34.1 Å². The highest BCUT2D eigenvalue weighted by Gasteiger charge is 2.16. The minimum Gasteiger partial charge on any atom is -0.497 e. The second kappa shape index (κ2) is 12.7. The van der Waals surface area contributed by atoms with E-state index in [0.29, 0.717) is 34.5 Å². The van der Waals surface area contributed by atoms with Crippen molar-refractivity contribution >= 4 is 40.1 Å². The van der Waals surface area contributed by atoms with Crippen LogP contribution >= 0.6 is 11.3 Å². The summed E-state index contributed by atoms with van der Waals surface area (Å²) in [5, 5.41) is 18.7. The van der Waals surface area contributed by atoms with E-state index in [9.17, 15) is 14.9 Å². The number of nitro benzene ring substituents is 1. The van der Waals surface area contributed by atoms with Crippen molar-refractivity contribution in [3.05, 3.63) is 106 Å². The number of pyridine rings is 1. The molecule has 3 heterocycles. The predicted octanol–water partition coefficient (Wildman–Crippen LogP) is 6.21. The van der Waals surface area contributed by atoms with E-state index >= 15 is 0 Å². The zero-order valence-electron chi connectivity index (χ0n) is 21.8. The van der Waals surface area contributed by atoms with Gasteiger partial charge in [-0.3, -0.25) is 14.9 Å². The van der Waals surface area contributed by atoms with Crippen LogP contribution in [0.5, 0.6) is 5.75 Å². The van der Waals surface area contributed by atoms with Gasteiger partial charge < -0.3 is 14.5 Å². The van der Waals surface area contributed by atoms with Gasteiger partial charge in [0.25, 0.3) is 5.69 Å². The molecule has 0 aliphatic heterocycles. The summed E-state index contributed by atoms with van der Waals surface area (Å²) in [4.78, 5) is 33.0. The zero-order chi connectivity index (χ0) is 28.6. The summed E-state index contributed by atoms with van der Waals surface area (Å²) >= 11 is 1.46. The lowest BCUT2D eigenvalue weighted by molar-refractivity contribution is -0.384. The number of aryl methyl sites for hydroxylation is 1. The number of benzene rings is 2. The molecule has 1 amide bonds. The van der Waals surface area contributed by atoms with Crippen molar-refractivity contribution in [2.75, 3.05) is 12.4 Å². The lowest BCUT2D eigenvalue weighted by atomic mass is 10.1. The Kier molecular flexibility index (Phi) is 8.41. The number of aromatic nitrogens is 2. The molecule has 0 aliphatic rings. The first-order valence-corrected chi connectivity index (χ1v) is 13.3. The third-order valence-electron chi connectivity index (χ3n) is 5.91. The third kappa shape index (κ3) is 6.99. The second-order valence-electron chi connectivity index (χ2n) is 8.66. The van der Waals surface area contributed by atoms with Gasteiger partial charge in [-0.2, -0.15) is 5.10 Å². The van der Waals surface area contributed by atoms with E-state index in [0.717, 1.165) is 21.9 Å². The van der Waals surface area contributed by atoms with Gasteiger partial charge in [0.2, 0.25) is 5.91 Å². The van der Waals surface area contributed by atoms with Crippen LogP contribution in [0, 0.1) is 10.1 Å². The normalized spacial score (nSPS) is 11.0. The SMILES string of the molecule is COc1ccc(-c2nc(Nc3ccccn3)sc2CCC(=O)NN=Cc2ccc(-c3ccc([N+](=O)[O-])cc3)o2)cc1. The molecule has 11 nitrogen and oxygen atoms in total. The number of anilines is 2. The number of nitro groups is 1. The molecule has 5 rings (SSSR count). The van der Waals surface area contributed by atoms with Crippen molar-refractivity contribution in [3.63, 3.8) is 0 Å². The van der Waals surface area contributed by atoms with Gasteiger partial charge in [0.1, 0.15) is 23.1 Å². The molecule has 0 bridgehead atoms. The Labute approximate surface area is 238 Å². The summed E-state index contributed by atoms with van der Waals surface area (Å²) in [5.74, 6) is 2.10. The molecule has 41 heavy (non-hydrogen) atoms. The number of nitrogens with zero attached hydrogens (tertiary/aromatic N) is 4. The van der Waals surface area contributed by atoms with Crippen LogP contribution in [0.15, 0.2) is 94.6 Å². The number of carbonyl (C=O) groups excluding carboxylic acids is 1. The standard InChI is InChI=1S/C29H24N6O5S/c1-39-22-11-7-20(8-12-22)28-25(41-29(33-28)32-26-4-2-3-17-30-26)15-16-27(36)34-31-18-23-13-14-24(40-23)19-5-9-21(10-6-19)35(37)38/h2-14,17-18H,15-16H2,1H3,(H,34,36)(H,30,32,33). The molecule has 3 aromatic heterocycles. The highest BCUT2D eigenvalue weighted by atomic mass is 32.1. The van der Waals surface area contributed by atoms with Crippen LogP contribution in [0.2, 0.25) is 0 Å². The first-order chi connectivity index (χ1) is 20.0. The van der Waals surface area contributed by atoms with E-state index in [4.69, 9.17) is 14.1 Å². The summed E-state index contributed by atoms with van der Waals surface area (Å²) in [5.41, 5.74) is 4.91. The molecule has 0 saturated carbocycles. The Morgan fingerprint density at radius 3 is 2.56 bits per heavy atom. The Hall–Kier alpha value is -5.36. The molecule has 0 radical (unpaired) electrons. The van der Waals surface area contributed by atoms with Crippen LogP contribution < -0.4 is 15.5 Å². The summed E-state index contributed by atoms with van der Waals surface area (Å²) in [7, 11) is 1.61. The molecular formula is C29H24N6O5S. The average molecular weight is 569 g/mol. The van der Waals surface area contributed by atoms with Crippen LogP contribution in [0.25, 0.3) is 22.6 Å². The number of rotatable bonds is 11. The Morgan fingerprint density at radius 2 is 1.85 bits per heavy atom. The molecule has 206 valence electrons. The first kappa shape index (κ1) is 27.2. The summed E-state index contributed by atoms with van der Waals surface area (Å²) in [6.07, 6.45) is 3.75. The fourth-order valence-electron chi connectivity index (χ4n) is 3.87. The summed E-state index contributed by atoms with van der Waals surface area (Å²) < 4.78 is 11.0. The van der Waals surface area contributed by atoms with E-state index in [-0.39, 0.29) is 18.0 Å². The lowest BCUT2D eigenvalue weighted by Crippen LogP contribution is -2.17. The molecule has 2 aromatic carbocycles.